The first kappa shape index (κ1) is 20.3. The van der Waals surface area contributed by atoms with Gasteiger partial charge in [-0.1, -0.05) is 18.2 Å². The lowest BCUT2D eigenvalue weighted by Crippen LogP contribution is -2.39. The van der Waals surface area contributed by atoms with Gasteiger partial charge in [0.05, 0.1) is 5.56 Å². The average Bonchev–Trinajstić information content (AvgIpc) is 3.36. The minimum absolute atomic E-state index is 0.119. The second kappa shape index (κ2) is 8.12. The van der Waals surface area contributed by atoms with E-state index in [0.717, 1.165) is 22.3 Å². The quantitative estimate of drug-likeness (QED) is 0.519. The van der Waals surface area contributed by atoms with Crippen molar-refractivity contribution in [3.8, 4) is 11.3 Å². The van der Waals surface area contributed by atoms with Crippen LogP contribution in [0.25, 0.3) is 22.3 Å². The Kier molecular flexibility index (Phi) is 5.14. The molecule has 0 radical (unpaired) electrons. The molecule has 1 fully saturated rings. The first-order valence-corrected chi connectivity index (χ1v) is 10.5. The number of carbonyl (C=O) groups excluding carboxylic acids is 1. The highest BCUT2D eigenvalue weighted by Gasteiger charge is 2.34. The van der Waals surface area contributed by atoms with Crippen LogP contribution in [-0.2, 0) is 0 Å². The summed E-state index contributed by atoms with van der Waals surface area (Å²) in [6, 6.07) is 12.2. The maximum Gasteiger partial charge on any atom is 0.253 e. The van der Waals surface area contributed by atoms with Crippen LogP contribution in [0.4, 0.5) is 4.39 Å². The molecule has 3 aromatic heterocycles. The molecule has 0 bridgehead atoms. The summed E-state index contributed by atoms with van der Waals surface area (Å²) >= 11 is 0. The lowest BCUT2D eigenvalue weighted by atomic mass is 9.93. The Morgan fingerprint density at radius 3 is 2.84 bits per heavy atom. The minimum Gasteiger partial charge on any atom is -0.347 e. The van der Waals surface area contributed by atoms with Gasteiger partial charge in [0.25, 0.3) is 5.91 Å². The van der Waals surface area contributed by atoms with Gasteiger partial charge in [0.2, 0.25) is 0 Å². The second-order valence-corrected chi connectivity index (χ2v) is 8.31. The molecular formula is C24H23FN6O. The third-order valence-electron chi connectivity index (χ3n) is 5.97. The Bertz CT molecular complexity index is 1300. The molecule has 7 nitrogen and oxygen atoms in total. The second-order valence-electron chi connectivity index (χ2n) is 8.31. The predicted octanol–water partition coefficient (Wildman–Crippen LogP) is 3.30. The predicted molar refractivity (Wildman–Crippen MR) is 120 cm³/mol. The molecule has 2 N–H and O–H groups in total. The van der Waals surface area contributed by atoms with E-state index >= 15 is 0 Å². The number of fused-ring (bicyclic) bond motifs is 1. The molecule has 0 unspecified atom stereocenters. The summed E-state index contributed by atoms with van der Waals surface area (Å²) in [7, 11) is 1.97. The van der Waals surface area contributed by atoms with Crippen LogP contribution in [0.5, 0.6) is 0 Å². The summed E-state index contributed by atoms with van der Waals surface area (Å²) in [5, 5.41) is 11.2. The highest BCUT2D eigenvalue weighted by molar-refractivity contribution is 6.00. The molecule has 2 atom stereocenters. The van der Waals surface area contributed by atoms with Crippen LogP contribution < -0.4 is 5.32 Å². The van der Waals surface area contributed by atoms with Gasteiger partial charge < -0.3 is 10.2 Å². The monoisotopic (exact) mass is 430 g/mol. The molecule has 0 spiro atoms. The number of amides is 1. The molecular weight excluding hydrogens is 407 g/mol. The summed E-state index contributed by atoms with van der Waals surface area (Å²) in [5.41, 5.74) is 4.17. The van der Waals surface area contributed by atoms with Crippen molar-refractivity contribution in [3.63, 3.8) is 0 Å². The molecule has 1 aromatic carbocycles. The molecule has 5 rings (SSSR count). The van der Waals surface area contributed by atoms with E-state index in [2.05, 4.69) is 30.4 Å². The number of rotatable bonds is 4. The molecule has 1 aliphatic rings. The van der Waals surface area contributed by atoms with Crippen LogP contribution in [0.3, 0.4) is 0 Å². The number of nitrogens with zero attached hydrogens (tertiary/aromatic N) is 4. The lowest BCUT2D eigenvalue weighted by molar-refractivity contribution is 0.0935. The molecule has 8 heteroatoms. The summed E-state index contributed by atoms with van der Waals surface area (Å²) in [6.45, 7) is 3.24. The van der Waals surface area contributed by atoms with E-state index in [-0.39, 0.29) is 23.7 Å². The summed E-state index contributed by atoms with van der Waals surface area (Å²) in [5.74, 6) is -0.601. The van der Waals surface area contributed by atoms with Crippen molar-refractivity contribution < 1.29 is 9.18 Å². The Balaban J connectivity index is 1.43. The third-order valence-corrected chi connectivity index (χ3v) is 5.97. The van der Waals surface area contributed by atoms with Gasteiger partial charge in [-0.3, -0.25) is 14.9 Å². The number of H-pyrrole nitrogens is 1. The SMILES string of the molecule is Cc1cc(-c2n[nH]c3ncc(C(=O)N[C@H]4CN(C)C[C@@H]4c4ccccc4F)cc23)ccn1. The average molecular weight is 430 g/mol. The number of likely N-dealkylation sites (tertiary alicyclic amines) is 1. The number of hydrogen-bond donors (Lipinski definition) is 2. The van der Waals surface area contributed by atoms with Crippen molar-refractivity contribution in [1.82, 2.24) is 30.4 Å². The van der Waals surface area contributed by atoms with E-state index in [1.54, 1.807) is 24.4 Å². The van der Waals surface area contributed by atoms with Gasteiger partial charge in [0.1, 0.15) is 11.5 Å². The first-order chi connectivity index (χ1) is 15.5. The summed E-state index contributed by atoms with van der Waals surface area (Å²) in [4.78, 5) is 23.8. The van der Waals surface area contributed by atoms with Crippen LogP contribution in [0.2, 0.25) is 0 Å². The first-order valence-electron chi connectivity index (χ1n) is 10.5. The van der Waals surface area contributed by atoms with Gasteiger partial charge in [-0.2, -0.15) is 5.10 Å². The third kappa shape index (κ3) is 3.73. The number of aryl methyl sites for hydroxylation is 1. The van der Waals surface area contributed by atoms with E-state index in [0.29, 0.717) is 29.9 Å². The number of aromatic nitrogens is 4. The Morgan fingerprint density at radius 1 is 1.19 bits per heavy atom. The molecule has 1 saturated heterocycles. The Hall–Kier alpha value is -3.65. The number of likely N-dealkylation sites (N-methyl/N-ethyl adjacent to an activating group) is 1. The lowest BCUT2D eigenvalue weighted by Gasteiger charge is -2.20. The zero-order valence-electron chi connectivity index (χ0n) is 17.8. The standard InChI is InChI=1S/C24H23FN6O/c1-14-9-15(7-8-26-14)22-18-10-16(11-27-23(18)30-29-22)24(32)28-21-13-31(2)12-19(21)17-5-3-4-6-20(17)25/h3-11,19,21H,12-13H2,1-2H3,(H,28,32)(H,27,29,30)/t19-,21+/m1/s1. The highest BCUT2D eigenvalue weighted by Crippen LogP contribution is 2.30. The normalized spacial score (nSPS) is 18.8. The van der Waals surface area contributed by atoms with Crippen LogP contribution in [0, 0.1) is 12.7 Å². The molecule has 32 heavy (non-hydrogen) atoms. The molecule has 1 amide bonds. The maximum atomic E-state index is 14.4. The van der Waals surface area contributed by atoms with Gasteiger partial charge in [-0.15, -0.1) is 0 Å². The zero-order chi connectivity index (χ0) is 22.2. The number of hydrogen-bond acceptors (Lipinski definition) is 5. The fraction of sp³-hybridized carbons (Fsp3) is 0.250. The van der Waals surface area contributed by atoms with Crippen molar-refractivity contribution in [2.24, 2.45) is 0 Å². The fourth-order valence-corrected chi connectivity index (χ4v) is 4.43. The maximum absolute atomic E-state index is 14.4. The Labute approximate surface area is 184 Å². The van der Waals surface area contributed by atoms with Gasteiger partial charge in [-0.25, -0.2) is 9.37 Å². The van der Waals surface area contributed by atoms with E-state index in [1.165, 1.54) is 12.3 Å². The fourth-order valence-electron chi connectivity index (χ4n) is 4.43. The van der Waals surface area contributed by atoms with E-state index in [4.69, 9.17) is 0 Å². The Morgan fingerprint density at radius 2 is 2.03 bits per heavy atom. The molecule has 1 aliphatic heterocycles. The zero-order valence-corrected chi connectivity index (χ0v) is 17.8. The number of benzene rings is 1. The molecule has 162 valence electrons. The van der Waals surface area contributed by atoms with Crippen molar-refractivity contribution in [2.45, 2.75) is 18.9 Å². The van der Waals surface area contributed by atoms with E-state index in [1.807, 2.05) is 32.2 Å². The molecule has 4 aromatic rings. The van der Waals surface area contributed by atoms with E-state index < -0.39 is 0 Å². The number of halogens is 1. The topological polar surface area (TPSA) is 86.8 Å². The van der Waals surface area contributed by atoms with Gasteiger partial charge in [0, 0.05) is 54.1 Å². The largest absolute Gasteiger partial charge is 0.347 e. The van der Waals surface area contributed by atoms with Crippen LogP contribution in [0.1, 0.15) is 27.5 Å². The van der Waals surface area contributed by atoms with E-state index in [9.17, 15) is 9.18 Å². The number of nitrogens with one attached hydrogen (secondary N) is 2. The number of aromatic amines is 1. The van der Waals surface area contributed by atoms with Gasteiger partial charge >= 0.3 is 0 Å². The van der Waals surface area contributed by atoms with Crippen molar-refractivity contribution in [1.29, 1.82) is 0 Å². The minimum atomic E-state index is -0.245. The number of pyridine rings is 2. The molecule has 0 aliphatic carbocycles. The molecule has 4 heterocycles. The van der Waals surface area contributed by atoms with Crippen LogP contribution in [-0.4, -0.2) is 57.2 Å². The van der Waals surface area contributed by atoms with Crippen molar-refractivity contribution >= 4 is 16.9 Å². The number of carbonyl (C=O) groups is 1. The van der Waals surface area contributed by atoms with Crippen molar-refractivity contribution in [3.05, 3.63) is 77.5 Å². The smallest absolute Gasteiger partial charge is 0.253 e. The summed E-state index contributed by atoms with van der Waals surface area (Å²) < 4.78 is 14.4. The highest BCUT2D eigenvalue weighted by atomic mass is 19.1. The molecule has 0 saturated carbocycles. The van der Waals surface area contributed by atoms with Crippen molar-refractivity contribution in [2.75, 3.05) is 20.1 Å². The van der Waals surface area contributed by atoms with Gasteiger partial charge in [-0.05, 0) is 43.8 Å². The van der Waals surface area contributed by atoms with Crippen LogP contribution >= 0.6 is 0 Å². The summed E-state index contributed by atoms with van der Waals surface area (Å²) in [6.07, 6.45) is 3.27. The van der Waals surface area contributed by atoms with Crippen LogP contribution in [0.15, 0.2) is 54.9 Å². The van der Waals surface area contributed by atoms with Gasteiger partial charge in [0.15, 0.2) is 5.65 Å².